The van der Waals surface area contributed by atoms with Crippen LogP contribution < -0.4 is 0 Å². The number of hydrogen-bond donors (Lipinski definition) is 0. The molecule has 2 bridgehead atoms. The smallest absolute Gasteiger partial charge is 0.0349 e. The Kier molecular flexibility index (Phi) is 3.78. The van der Waals surface area contributed by atoms with Crippen LogP contribution in [0.2, 0.25) is 0 Å². The molecule has 3 aliphatic carbocycles. The summed E-state index contributed by atoms with van der Waals surface area (Å²) in [6.07, 6.45) is 0. The molecule has 0 N–H and O–H groups in total. The summed E-state index contributed by atoms with van der Waals surface area (Å²) in [6.45, 7) is 9.35. The van der Waals surface area contributed by atoms with Crippen LogP contribution in [0, 0.1) is 0 Å². The summed E-state index contributed by atoms with van der Waals surface area (Å²) < 4.78 is 0. The first-order valence-corrected chi connectivity index (χ1v) is 11.3. The highest BCUT2D eigenvalue weighted by Crippen LogP contribution is 2.57. The third-order valence-corrected chi connectivity index (χ3v) is 7.35. The number of rotatable bonds is 2. The van der Waals surface area contributed by atoms with Gasteiger partial charge in [-0.15, -0.1) is 0 Å². The van der Waals surface area contributed by atoms with E-state index in [-0.39, 0.29) is 0 Å². The van der Waals surface area contributed by atoms with E-state index in [0.717, 1.165) is 0 Å². The summed E-state index contributed by atoms with van der Waals surface area (Å²) in [7, 11) is 0. The number of hydrogen-bond acceptors (Lipinski definition) is 0. The van der Waals surface area contributed by atoms with Gasteiger partial charge in [-0.3, -0.25) is 0 Å². The van der Waals surface area contributed by atoms with Crippen LogP contribution in [0.5, 0.6) is 0 Å². The average molecular weight is 389 g/mol. The largest absolute Gasteiger partial charge is 0.0619 e. The van der Waals surface area contributed by atoms with Crippen LogP contribution in [-0.4, -0.2) is 0 Å². The zero-order valence-electron chi connectivity index (χ0n) is 18.2. The molecule has 0 amide bonds. The highest BCUT2D eigenvalue weighted by atomic mass is 14.4. The Morgan fingerprint density at radius 3 is 1.23 bits per heavy atom. The van der Waals surface area contributed by atoms with Crippen molar-refractivity contribution >= 4 is 10.8 Å². The Labute approximate surface area is 179 Å². The molecular formula is C30H28. The van der Waals surface area contributed by atoms with Gasteiger partial charge < -0.3 is 0 Å². The standard InChI is InChI=1S/C30H28/c1-17(2)23-15-27-28(16-24(23)18(3)4)30-22-12-8-7-11-21(22)29(27)25-13-19-9-5-6-10-20(19)14-26(25)30/h5-18,29-30H,1-4H3. The van der Waals surface area contributed by atoms with Gasteiger partial charge in [0.05, 0.1) is 0 Å². The topological polar surface area (TPSA) is 0 Å². The molecule has 4 aromatic rings. The first-order chi connectivity index (χ1) is 14.5. The van der Waals surface area contributed by atoms with Gasteiger partial charge in [-0.05, 0) is 79.2 Å². The molecule has 0 aliphatic heterocycles. The third kappa shape index (κ3) is 2.34. The van der Waals surface area contributed by atoms with Gasteiger partial charge in [-0.1, -0.05) is 88.4 Å². The normalized spacial score (nSPS) is 18.6. The highest BCUT2D eigenvalue weighted by molar-refractivity contribution is 5.87. The molecule has 0 radical (unpaired) electrons. The summed E-state index contributed by atoms with van der Waals surface area (Å²) >= 11 is 0. The molecule has 30 heavy (non-hydrogen) atoms. The fourth-order valence-electron chi connectivity index (χ4n) is 5.99. The minimum atomic E-state index is 0.347. The molecule has 0 aromatic heterocycles. The van der Waals surface area contributed by atoms with Gasteiger partial charge >= 0.3 is 0 Å². The van der Waals surface area contributed by atoms with Crippen LogP contribution in [0.3, 0.4) is 0 Å². The summed E-state index contributed by atoms with van der Waals surface area (Å²) in [4.78, 5) is 0. The molecule has 0 fully saturated rings. The fourth-order valence-corrected chi connectivity index (χ4v) is 5.99. The SMILES string of the molecule is CC(C)c1cc2c(cc1C(C)C)C1c3ccccc3C2c2cc3ccccc3cc21. The van der Waals surface area contributed by atoms with E-state index in [9.17, 15) is 0 Å². The number of fused-ring (bicyclic) bond motifs is 1. The minimum Gasteiger partial charge on any atom is -0.0619 e. The van der Waals surface area contributed by atoms with Crippen LogP contribution in [0.1, 0.15) is 95.9 Å². The van der Waals surface area contributed by atoms with Crippen molar-refractivity contribution in [3.8, 4) is 0 Å². The zero-order chi connectivity index (χ0) is 20.6. The van der Waals surface area contributed by atoms with E-state index in [1.807, 2.05) is 0 Å². The molecule has 2 atom stereocenters. The lowest BCUT2D eigenvalue weighted by Gasteiger charge is -2.43. The maximum atomic E-state index is 2.56. The van der Waals surface area contributed by atoms with Crippen molar-refractivity contribution in [2.75, 3.05) is 0 Å². The van der Waals surface area contributed by atoms with E-state index < -0.39 is 0 Å². The van der Waals surface area contributed by atoms with Gasteiger partial charge in [-0.2, -0.15) is 0 Å². The summed E-state index contributed by atoms with van der Waals surface area (Å²) in [5, 5.41) is 2.71. The molecular weight excluding hydrogens is 360 g/mol. The molecule has 0 saturated carbocycles. The predicted molar refractivity (Wildman–Crippen MR) is 127 cm³/mol. The van der Waals surface area contributed by atoms with E-state index in [2.05, 4.69) is 100 Å². The molecule has 0 heterocycles. The molecule has 2 unspecified atom stereocenters. The zero-order valence-corrected chi connectivity index (χ0v) is 18.2. The van der Waals surface area contributed by atoms with Gasteiger partial charge in [-0.25, -0.2) is 0 Å². The Bertz CT molecular complexity index is 1200. The molecule has 148 valence electrons. The summed E-state index contributed by atoms with van der Waals surface area (Å²) in [5.74, 6) is 1.78. The quantitative estimate of drug-likeness (QED) is 0.281. The first kappa shape index (κ1) is 18.0. The Morgan fingerprint density at radius 2 is 0.833 bits per heavy atom. The van der Waals surface area contributed by atoms with Gasteiger partial charge in [0.25, 0.3) is 0 Å². The molecule has 4 aromatic carbocycles. The van der Waals surface area contributed by atoms with Crippen LogP contribution in [0.25, 0.3) is 10.8 Å². The molecule has 0 heteroatoms. The van der Waals surface area contributed by atoms with Gasteiger partial charge in [0.2, 0.25) is 0 Å². The molecule has 0 spiro atoms. The predicted octanol–water partition coefficient (Wildman–Crippen LogP) is 8.07. The van der Waals surface area contributed by atoms with Crippen LogP contribution >= 0.6 is 0 Å². The molecule has 0 nitrogen and oxygen atoms in total. The van der Waals surface area contributed by atoms with Crippen molar-refractivity contribution in [1.29, 1.82) is 0 Å². The Balaban J connectivity index is 1.70. The maximum absolute atomic E-state index is 2.56. The summed E-state index contributed by atoms with van der Waals surface area (Å²) in [5.41, 5.74) is 12.2. The minimum absolute atomic E-state index is 0.347. The van der Waals surface area contributed by atoms with Crippen molar-refractivity contribution < 1.29 is 0 Å². The second kappa shape index (κ2) is 6.32. The van der Waals surface area contributed by atoms with E-state index >= 15 is 0 Å². The van der Waals surface area contributed by atoms with Crippen molar-refractivity contribution in [2.45, 2.75) is 51.4 Å². The Morgan fingerprint density at radius 1 is 0.467 bits per heavy atom. The average Bonchev–Trinajstić information content (AvgIpc) is 2.76. The van der Waals surface area contributed by atoms with Gasteiger partial charge in [0.15, 0.2) is 0 Å². The van der Waals surface area contributed by atoms with Crippen LogP contribution in [0.15, 0.2) is 72.8 Å². The van der Waals surface area contributed by atoms with Crippen molar-refractivity contribution in [2.24, 2.45) is 0 Å². The van der Waals surface area contributed by atoms with Crippen LogP contribution in [0.4, 0.5) is 0 Å². The van der Waals surface area contributed by atoms with Gasteiger partial charge in [0, 0.05) is 11.8 Å². The molecule has 7 rings (SSSR count). The van der Waals surface area contributed by atoms with Gasteiger partial charge in [0.1, 0.15) is 0 Å². The monoisotopic (exact) mass is 388 g/mol. The fraction of sp³-hybridized carbons (Fsp3) is 0.267. The van der Waals surface area contributed by atoms with E-state index in [4.69, 9.17) is 0 Å². The van der Waals surface area contributed by atoms with E-state index in [1.54, 1.807) is 0 Å². The lowest BCUT2D eigenvalue weighted by atomic mass is 9.60. The molecule has 0 saturated heterocycles. The number of benzene rings is 4. The first-order valence-electron chi connectivity index (χ1n) is 11.3. The van der Waals surface area contributed by atoms with E-state index in [1.165, 1.54) is 55.3 Å². The van der Waals surface area contributed by atoms with Crippen molar-refractivity contribution in [3.63, 3.8) is 0 Å². The van der Waals surface area contributed by atoms with Crippen molar-refractivity contribution in [1.82, 2.24) is 0 Å². The maximum Gasteiger partial charge on any atom is 0.0349 e. The summed E-state index contributed by atoms with van der Waals surface area (Å²) in [6, 6.07) is 28.0. The van der Waals surface area contributed by atoms with E-state index in [0.29, 0.717) is 23.7 Å². The second-order valence-corrected chi connectivity index (χ2v) is 9.74. The Hall–Kier alpha value is -2.86. The molecule has 3 aliphatic rings. The van der Waals surface area contributed by atoms with Crippen molar-refractivity contribution in [3.05, 3.63) is 117 Å². The lowest BCUT2D eigenvalue weighted by molar-refractivity contribution is 0.730. The van der Waals surface area contributed by atoms with Crippen LogP contribution in [-0.2, 0) is 0 Å². The second-order valence-electron chi connectivity index (χ2n) is 9.74. The highest BCUT2D eigenvalue weighted by Gasteiger charge is 2.42. The lowest BCUT2D eigenvalue weighted by Crippen LogP contribution is -2.28. The third-order valence-electron chi connectivity index (χ3n) is 7.35.